The van der Waals surface area contributed by atoms with Crippen LogP contribution in [-0.2, 0) is 22.8 Å². The maximum Gasteiger partial charge on any atom is 0.503 e. The lowest BCUT2D eigenvalue weighted by Gasteiger charge is -2.28. The average Bonchev–Trinajstić information content (AvgIpc) is 2.25. The molecule has 0 aromatic heterocycles. The van der Waals surface area contributed by atoms with Crippen LogP contribution in [0.4, 0.5) is 0 Å². The maximum absolute atomic E-state index is 10.5. The molecule has 102 valence electrons. The van der Waals surface area contributed by atoms with Crippen LogP contribution in [0.3, 0.4) is 0 Å². The summed E-state index contributed by atoms with van der Waals surface area (Å²) in [5.41, 5.74) is 4.97. The summed E-state index contributed by atoms with van der Waals surface area (Å²) in [5, 5.41) is 0. The van der Waals surface area contributed by atoms with Crippen LogP contribution in [0.15, 0.2) is 0 Å². The predicted molar refractivity (Wildman–Crippen MR) is 65.5 cm³/mol. The zero-order valence-electron chi connectivity index (χ0n) is 10.9. The Balaban J connectivity index is 4.18. The zero-order valence-corrected chi connectivity index (χ0v) is 11.9. The molecule has 2 N–H and O–H groups in total. The summed E-state index contributed by atoms with van der Waals surface area (Å²) in [6, 6.07) is 0.524. The van der Waals surface area contributed by atoms with E-state index >= 15 is 0 Å². The zero-order chi connectivity index (χ0) is 13.1. The largest absolute Gasteiger partial charge is 0.503 e. The molecule has 7 heteroatoms. The normalized spacial score (nSPS) is 11.7. The van der Waals surface area contributed by atoms with Gasteiger partial charge in [-0.15, -0.1) is 0 Å². The van der Waals surface area contributed by atoms with Crippen molar-refractivity contribution in [1.82, 2.24) is 0 Å². The fourth-order valence-electron chi connectivity index (χ4n) is 1.37. The molecule has 0 heterocycles. The number of carbonyl (C=O) groups excluding carboxylic acids is 1. The number of ether oxygens (including phenoxy) is 1. The Morgan fingerprint density at radius 3 is 1.88 bits per heavy atom. The van der Waals surface area contributed by atoms with E-state index in [9.17, 15) is 4.79 Å². The summed E-state index contributed by atoms with van der Waals surface area (Å²) in [5.74, 6) is -0.485. The lowest BCUT2D eigenvalue weighted by molar-refractivity contribution is -0.122. The van der Waals surface area contributed by atoms with Gasteiger partial charge in [0.15, 0.2) is 0 Å². The van der Waals surface area contributed by atoms with Crippen molar-refractivity contribution >= 4 is 14.7 Å². The highest BCUT2D eigenvalue weighted by molar-refractivity contribution is 6.60. The van der Waals surface area contributed by atoms with Gasteiger partial charge >= 0.3 is 8.80 Å². The molecule has 0 atom stereocenters. The molecule has 0 radical (unpaired) electrons. The van der Waals surface area contributed by atoms with Crippen LogP contribution < -0.4 is 5.73 Å². The van der Waals surface area contributed by atoms with Gasteiger partial charge in [0.1, 0.15) is 6.61 Å². The summed E-state index contributed by atoms with van der Waals surface area (Å²) < 4.78 is 22.0. The highest BCUT2D eigenvalue weighted by Crippen LogP contribution is 2.15. The third-order valence-corrected chi connectivity index (χ3v) is 4.89. The molecule has 0 saturated heterocycles. The van der Waals surface area contributed by atoms with Crippen molar-refractivity contribution in [2.75, 3.05) is 33.0 Å². The third kappa shape index (κ3) is 7.45. The van der Waals surface area contributed by atoms with Gasteiger partial charge in [0.05, 0.1) is 6.61 Å². The van der Waals surface area contributed by atoms with Gasteiger partial charge in [-0.05, 0) is 20.8 Å². The van der Waals surface area contributed by atoms with Gasteiger partial charge in [0.2, 0.25) is 5.91 Å². The van der Waals surface area contributed by atoms with Crippen molar-refractivity contribution in [3.8, 4) is 0 Å². The molecule has 0 rings (SSSR count). The molecular weight excluding hydrogens is 242 g/mol. The van der Waals surface area contributed by atoms with Crippen molar-refractivity contribution in [1.29, 1.82) is 0 Å². The van der Waals surface area contributed by atoms with E-state index in [1.165, 1.54) is 0 Å². The molecule has 17 heavy (non-hydrogen) atoms. The van der Waals surface area contributed by atoms with E-state index in [1.54, 1.807) is 0 Å². The van der Waals surface area contributed by atoms with E-state index in [2.05, 4.69) is 0 Å². The van der Waals surface area contributed by atoms with Crippen LogP contribution in [-0.4, -0.2) is 47.7 Å². The number of carbonyl (C=O) groups is 1. The first-order valence-corrected chi connectivity index (χ1v) is 7.81. The van der Waals surface area contributed by atoms with Crippen LogP contribution in [0, 0.1) is 0 Å². The van der Waals surface area contributed by atoms with E-state index in [4.69, 9.17) is 23.7 Å². The second-order valence-electron chi connectivity index (χ2n) is 3.25. The minimum absolute atomic E-state index is 0.0884. The maximum atomic E-state index is 10.5. The number of hydrogen-bond donors (Lipinski definition) is 1. The quantitative estimate of drug-likeness (QED) is 0.435. The Morgan fingerprint density at radius 2 is 1.53 bits per heavy atom. The SMILES string of the molecule is CCO[Si](CCOCC(N)=O)(OCC)OCC. The summed E-state index contributed by atoms with van der Waals surface area (Å²) in [6.07, 6.45) is 0. The molecule has 0 fully saturated rings. The fraction of sp³-hybridized carbons (Fsp3) is 0.900. The van der Waals surface area contributed by atoms with Gasteiger partial charge in [-0.1, -0.05) is 0 Å². The van der Waals surface area contributed by atoms with Gasteiger partial charge in [-0.25, -0.2) is 0 Å². The number of nitrogens with two attached hydrogens (primary N) is 1. The van der Waals surface area contributed by atoms with Crippen LogP contribution in [0.2, 0.25) is 6.04 Å². The molecule has 0 aliphatic rings. The molecule has 0 aromatic carbocycles. The molecule has 1 amide bonds. The predicted octanol–water partition coefficient (Wildman–Crippen LogP) is 0.537. The Bertz CT molecular complexity index is 198. The summed E-state index contributed by atoms with van der Waals surface area (Å²) in [4.78, 5) is 10.5. The van der Waals surface area contributed by atoms with E-state index in [0.717, 1.165) is 0 Å². The Morgan fingerprint density at radius 1 is 1.06 bits per heavy atom. The first-order chi connectivity index (χ1) is 8.10. The van der Waals surface area contributed by atoms with Crippen LogP contribution >= 0.6 is 0 Å². The first-order valence-electron chi connectivity index (χ1n) is 5.88. The van der Waals surface area contributed by atoms with Gasteiger partial charge in [-0.2, -0.15) is 0 Å². The van der Waals surface area contributed by atoms with Crippen LogP contribution in [0.5, 0.6) is 0 Å². The van der Waals surface area contributed by atoms with Crippen LogP contribution in [0.1, 0.15) is 20.8 Å². The van der Waals surface area contributed by atoms with Crippen molar-refractivity contribution in [3.63, 3.8) is 0 Å². The lowest BCUT2D eigenvalue weighted by atomic mass is 10.7. The van der Waals surface area contributed by atoms with E-state index < -0.39 is 14.7 Å². The first kappa shape index (κ1) is 16.5. The molecule has 0 aliphatic carbocycles. The topological polar surface area (TPSA) is 80.0 Å². The fourth-order valence-corrected chi connectivity index (χ4v) is 3.77. The number of primary amides is 1. The van der Waals surface area contributed by atoms with Crippen molar-refractivity contribution in [2.45, 2.75) is 26.8 Å². The van der Waals surface area contributed by atoms with Crippen molar-refractivity contribution in [2.24, 2.45) is 5.73 Å². The van der Waals surface area contributed by atoms with Gasteiger partial charge in [0, 0.05) is 25.9 Å². The molecule has 0 aliphatic heterocycles. The molecule has 0 aromatic rings. The number of amides is 1. The van der Waals surface area contributed by atoms with Gasteiger partial charge in [0.25, 0.3) is 0 Å². The summed E-state index contributed by atoms with van der Waals surface area (Å²) in [6.45, 7) is 7.52. The second-order valence-corrected chi connectivity index (χ2v) is 5.98. The molecule has 0 bridgehead atoms. The molecule has 0 unspecified atom stereocenters. The second kappa shape index (κ2) is 9.55. The minimum atomic E-state index is -2.64. The van der Waals surface area contributed by atoms with Gasteiger partial charge < -0.3 is 23.7 Å². The highest BCUT2D eigenvalue weighted by Gasteiger charge is 2.39. The van der Waals surface area contributed by atoms with E-state index in [-0.39, 0.29) is 6.61 Å². The van der Waals surface area contributed by atoms with Crippen molar-refractivity contribution < 1.29 is 22.8 Å². The minimum Gasteiger partial charge on any atom is -0.374 e. The third-order valence-electron chi connectivity index (χ3n) is 1.89. The molecule has 6 nitrogen and oxygen atoms in total. The summed E-state index contributed by atoms with van der Waals surface area (Å²) >= 11 is 0. The number of hydrogen-bond acceptors (Lipinski definition) is 5. The Labute approximate surface area is 104 Å². The average molecular weight is 265 g/mol. The monoisotopic (exact) mass is 265 g/mol. The van der Waals surface area contributed by atoms with Gasteiger partial charge in [-0.3, -0.25) is 4.79 Å². The lowest BCUT2D eigenvalue weighted by Crippen LogP contribution is -2.47. The van der Waals surface area contributed by atoms with E-state index in [0.29, 0.717) is 32.5 Å². The highest BCUT2D eigenvalue weighted by atomic mass is 28.4. The summed E-state index contributed by atoms with van der Waals surface area (Å²) in [7, 11) is -2.64. The van der Waals surface area contributed by atoms with E-state index in [1.807, 2.05) is 20.8 Å². The molecule has 0 spiro atoms. The molecule has 0 saturated carbocycles. The molecular formula is C10H23NO5Si. The number of rotatable bonds is 11. The van der Waals surface area contributed by atoms with Crippen molar-refractivity contribution in [3.05, 3.63) is 0 Å². The Hall–Kier alpha value is -0.473. The standard InChI is InChI=1S/C10H23NO5Si/c1-4-14-17(15-5-2,16-6-3)8-7-13-9-10(11)12/h4-9H2,1-3H3,(H2,11,12). The van der Waals surface area contributed by atoms with Crippen LogP contribution in [0.25, 0.3) is 0 Å². The smallest absolute Gasteiger partial charge is 0.374 e. The Kier molecular flexibility index (Phi) is 9.28.